The lowest BCUT2D eigenvalue weighted by Crippen LogP contribution is -2.41. The Hall–Kier alpha value is -2.45. The van der Waals surface area contributed by atoms with Crippen LogP contribution in [0.4, 0.5) is 13.2 Å². The number of hydrogen-bond acceptors (Lipinski definition) is 4. The third kappa shape index (κ3) is 3.72. The maximum absolute atomic E-state index is 12.9. The number of benzene rings is 1. The molecule has 128 valence electrons. The number of hydrogen-bond donors (Lipinski definition) is 1. The predicted octanol–water partition coefficient (Wildman–Crippen LogP) is 2.51. The molecule has 3 rings (SSSR count). The number of halogens is 3. The van der Waals surface area contributed by atoms with Gasteiger partial charge in [-0.15, -0.1) is 5.10 Å². The molecule has 0 aliphatic heterocycles. The van der Waals surface area contributed by atoms with E-state index in [2.05, 4.69) is 20.8 Å². The number of aromatic nitrogens is 4. The molecular formula is C15H16F3N5O. The van der Waals surface area contributed by atoms with Gasteiger partial charge in [0.2, 0.25) is 0 Å². The fraction of sp³-hybridized carbons (Fsp3) is 0.467. The lowest BCUT2D eigenvalue weighted by Gasteiger charge is -2.31. The van der Waals surface area contributed by atoms with Gasteiger partial charge in [-0.25, -0.2) is 4.68 Å². The molecule has 0 radical (unpaired) electrons. The van der Waals surface area contributed by atoms with Crippen molar-refractivity contribution >= 4 is 5.91 Å². The number of carbonyl (C=O) groups is 1. The van der Waals surface area contributed by atoms with Gasteiger partial charge in [0, 0.05) is 11.6 Å². The van der Waals surface area contributed by atoms with Gasteiger partial charge in [0.25, 0.3) is 5.91 Å². The van der Waals surface area contributed by atoms with Gasteiger partial charge in [0.1, 0.15) is 6.33 Å². The average molecular weight is 339 g/mol. The van der Waals surface area contributed by atoms with Gasteiger partial charge < -0.3 is 5.32 Å². The summed E-state index contributed by atoms with van der Waals surface area (Å²) in [5.74, 6) is -1.73. The zero-order valence-electron chi connectivity index (χ0n) is 12.7. The molecule has 0 saturated heterocycles. The van der Waals surface area contributed by atoms with Crippen molar-refractivity contribution in [1.29, 1.82) is 0 Å². The monoisotopic (exact) mass is 339 g/mol. The summed E-state index contributed by atoms with van der Waals surface area (Å²) in [4.78, 5) is 12.3. The molecular weight excluding hydrogens is 323 g/mol. The van der Waals surface area contributed by atoms with E-state index in [1.165, 1.54) is 11.0 Å². The molecule has 1 aromatic heterocycles. The summed E-state index contributed by atoms with van der Waals surface area (Å²) in [6, 6.07) is 6.14. The number of alkyl halides is 3. The second-order valence-corrected chi connectivity index (χ2v) is 5.88. The molecule has 2 aromatic rings. The zero-order valence-corrected chi connectivity index (χ0v) is 12.7. The van der Waals surface area contributed by atoms with Crippen molar-refractivity contribution in [1.82, 2.24) is 25.5 Å². The topological polar surface area (TPSA) is 72.7 Å². The van der Waals surface area contributed by atoms with E-state index in [4.69, 9.17) is 0 Å². The van der Waals surface area contributed by atoms with E-state index < -0.39 is 24.0 Å². The fourth-order valence-corrected chi connectivity index (χ4v) is 2.96. The average Bonchev–Trinajstić information content (AvgIpc) is 3.09. The molecule has 1 aliphatic rings. The minimum Gasteiger partial charge on any atom is -0.349 e. The van der Waals surface area contributed by atoms with Crippen LogP contribution in [0.2, 0.25) is 0 Å². The van der Waals surface area contributed by atoms with Gasteiger partial charge in [0.15, 0.2) is 0 Å². The summed E-state index contributed by atoms with van der Waals surface area (Å²) >= 11 is 0. The van der Waals surface area contributed by atoms with E-state index in [0.29, 0.717) is 24.1 Å². The van der Waals surface area contributed by atoms with E-state index in [0.717, 1.165) is 0 Å². The summed E-state index contributed by atoms with van der Waals surface area (Å²) in [6.07, 6.45) is -1.73. The molecule has 9 heteroatoms. The second kappa shape index (κ2) is 6.58. The maximum Gasteiger partial charge on any atom is 0.391 e. The fourth-order valence-electron chi connectivity index (χ4n) is 2.96. The molecule has 1 fully saturated rings. The smallest absolute Gasteiger partial charge is 0.349 e. The molecule has 1 heterocycles. The summed E-state index contributed by atoms with van der Waals surface area (Å²) < 4.78 is 40.0. The Morgan fingerprint density at radius 2 is 2.12 bits per heavy atom. The third-order valence-corrected chi connectivity index (χ3v) is 4.19. The van der Waals surface area contributed by atoms with Crippen LogP contribution >= 0.6 is 0 Å². The quantitative estimate of drug-likeness (QED) is 0.933. The normalized spacial score (nSPS) is 21.5. The first kappa shape index (κ1) is 16.4. The minimum atomic E-state index is -4.20. The number of amides is 1. The van der Waals surface area contributed by atoms with Gasteiger partial charge in [0.05, 0.1) is 11.6 Å². The largest absolute Gasteiger partial charge is 0.391 e. The third-order valence-electron chi connectivity index (χ3n) is 4.19. The maximum atomic E-state index is 12.9. The van der Waals surface area contributed by atoms with Crippen molar-refractivity contribution in [3.63, 3.8) is 0 Å². The molecule has 1 amide bonds. The number of tetrazole rings is 1. The van der Waals surface area contributed by atoms with Gasteiger partial charge in [-0.3, -0.25) is 4.79 Å². The van der Waals surface area contributed by atoms with Crippen molar-refractivity contribution < 1.29 is 18.0 Å². The van der Waals surface area contributed by atoms with Crippen molar-refractivity contribution in [2.75, 3.05) is 0 Å². The van der Waals surface area contributed by atoms with Crippen LogP contribution in [0.1, 0.15) is 36.0 Å². The SMILES string of the molecule is O=C(N[C@H]1CCC[C@H](C(F)(F)F)C1)c1cccc(-n2cnnn2)c1. The highest BCUT2D eigenvalue weighted by atomic mass is 19.4. The Kier molecular flexibility index (Phi) is 4.50. The van der Waals surface area contributed by atoms with Crippen molar-refractivity contribution in [3.8, 4) is 5.69 Å². The minimum absolute atomic E-state index is 0.0675. The van der Waals surface area contributed by atoms with E-state index in [-0.39, 0.29) is 12.8 Å². The number of nitrogens with zero attached hydrogens (tertiary/aromatic N) is 4. The molecule has 0 unspecified atom stereocenters. The Morgan fingerprint density at radius 3 is 2.83 bits per heavy atom. The molecule has 2 atom stereocenters. The predicted molar refractivity (Wildman–Crippen MR) is 78.4 cm³/mol. The van der Waals surface area contributed by atoms with Crippen LogP contribution in [0.15, 0.2) is 30.6 Å². The van der Waals surface area contributed by atoms with Crippen LogP contribution < -0.4 is 5.32 Å². The molecule has 1 aromatic carbocycles. The Bertz CT molecular complexity index is 701. The van der Waals surface area contributed by atoms with Crippen molar-refractivity contribution in [3.05, 3.63) is 36.2 Å². The first-order chi connectivity index (χ1) is 11.4. The molecule has 0 bridgehead atoms. The molecule has 1 saturated carbocycles. The Labute approximate surface area is 136 Å². The van der Waals surface area contributed by atoms with Crippen molar-refractivity contribution in [2.24, 2.45) is 5.92 Å². The number of carbonyl (C=O) groups excluding carboxylic acids is 1. The molecule has 1 aliphatic carbocycles. The molecule has 1 N–H and O–H groups in total. The van der Waals surface area contributed by atoms with Gasteiger partial charge in [-0.1, -0.05) is 12.5 Å². The van der Waals surface area contributed by atoms with Crippen LogP contribution in [0.5, 0.6) is 0 Å². The van der Waals surface area contributed by atoms with E-state index in [9.17, 15) is 18.0 Å². The first-order valence-electron chi connectivity index (χ1n) is 7.64. The van der Waals surface area contributed by atoms with Crippen LogP contribution in [0.3, 0.4) is 0 Å². The number of rotatable bonds is 3. The standard InChI is InChI=1S/C15H16F3N5O/c16-15(17,18)11-4-2-5-12(8-11)20-14(24)10-3-1-6-13(7-10)23-9-19-21-22-23/h1,3,6-7,9,11-12H,2,4-5,8H2,(H,20,24)/t11-,12-/m0/s1. The zero-order chi connectivity index (χ0) is 17.2. The summed E-state index contributed by atoms with van der Waals surface area (Å²) in [6.45, 7) is 0. The van der Waals surface area contributed by atoms with E-state index in [1.807, 2.05) is 0 Å². The molecule has 0 spiro atoms. The van der Waals surface area contributed by atoms with Gasteiger partial charge in [-0.05, 0) is 47.9 Å². The van der Waals surface area contributed by atoms with Crippen LogP contribution in [-0.4, -0.2) is 38.3 Å². The Morgan fingerprint density at radius 1 is 1.29 bits per heavy atom. The highest BCUT2D eigenvalue weighted by molar-refractivity contribution is 5.94. The van der Waals surface area contributed by atoms with Crippen LogP contribution in [0.25, 0.3) is 5.69 Å². The van der Waals surface area contributed by atoms with E-state index in [1.54, 1.807) is 24.3 Å². The number of nitrogens with one attached hydrogen (secondary N) is 1. The lowest BCUT2D eigenvalue weighted by molar-refractivity contribution is -0.183. The van der Waals surface area contributed by atoms with Crippen LogP contribution in [0, 0.1) is 5.92 Å². The molecule has 24 heavy (non-hydrogen) atoms. The van der Waals surface area contributed by atoms with Crippen LogP contribution in [-0.2, 0) is 0 Å². The van der Waals surface area contributed by atoms with Gasteiger partial charge in [-0.2, -0.15) is 13.2 Å². The second-order valence-electron chi connectivity index (χ2n) is 5.88. The molecule has 6 nitrogen and oxygen atoms in total. The van der Waals surface area contributed by atoms with E-state index >= 15 is 0 Å². The Balaban J connectivity index is 1.68. The first-order valence-corrected chi connectivity index (χ1v) is 7.64. The van der Waals surface area contributed by atoms with Crippen molar-refractivity contribution in [2.45, 2.75) is 37.9 Å². The summed E-state index contributed by atoms with van der Waals surface area (Å²) in [5.41, 5.74) is 0.960. The summed E-state index contributed by atoms with van der Waals surface area (Å²) in [5, 5.41) is 13.5. The highest BCUT2D eigenvalue weighted by Gasteiger charge is 2.42. The highest BCUT2D eigenvalue weighted by Crippen LogP contribution is 2.37. The lowest BCUT2D eigenvalue weighted by atomic mass is 9.85. The summed E-state index contributed by atoms with van der Waals surface area (Å²) in [7, 11) is 0. The van der Waals surface area contributed by atoms with Gasteiger partial charge >= 0.3 is 6.18 Å².